The predicted octanol–water partition coefficient (Wildman–Crippen LogP) is 4.13. The zero-order chi connectivity index (χ0) is 31.2. The van der Waals surface area contributed by atoms with Gasteiger partial charge in [-0.05, 0) is 60.1 Å². The van der Waals surface area contributed by atoms with Crippen molar-refractivity contribution in [1.29, 1.82) is 0 Å². The molecule has 6 N–H and O–H groups in total. The van der Waals surface area contributed by atoms with E-state index in [2.05, 4.69) is 62.8 Å². The van der Waals surface area contributed by atoms with Gasteiger partial charge in [0.05, 0.1) is 6.61 Å². The molecular weight excluding hydrogens is 522 g/mol. The van der Waals surface area contributed by atoms with Gasteiger partial charge in [-0.15, -0.1) is 0 Å². The number of rotatable bonds is 16. The molecular formula is C31H53N5O5. The van der Waals surface area contributed by atoms with Crippen molar-refractivity contribution in [2.75, 3.05) is 25.1 Å². The lowest BCUT2D eigenvalue weighted by atomic mass is 9.88. The number of nitrogens with two attached hydrogens (primary N) is 1. The third-order valence-corrected chi connectivity index (χ3v) is 6.29. The number of carbonyl (C=O) groups is 4. The van der Waals surface area contributed by atoms with Gasteiger partial charge in [0, 0.05) is 25.3 Å². The van der Waals surface area contributed by atoms with Crippen LogP contribution in [0.25, 0.3) is 0 Å². The second-order valence-electron chi connectivity index (χ2n) is 13.4. The fourth-order valence-electron chi connectivity index (χ4n) is 4.02. The number of anilines is 1. The van der Waals surface area contributed by atoms with Crippen LogP contribution in [0.5, 0.6) is 0 Å². The van der Waals surface area contributed by atoms with E-state index in [0.717, 1.165) is 18.4 Å². The largest absolute Gasteiger partial charge is 0.381 e. The zero-order valence-electron chi connectivity index (χ0n) is 26.3. The minimum atomic E-state index is -0.884. The highest BCUT2D eigenvalue weighted by atomic mass is 16.5. The summed E-state index contributed by atoms with van der Waals surface area (Å²) < 4.78 is 5.59. The van der Waals surface area contributed by atoms with Gasteiger partial charge in [0.2, 0.25) is 17.7 Å². The number of urea groups is 1. The molecule has 232 valence electrons. The molecule has 0 radical (unpaired) electrons. The predicted molar refractivity (Wildman–Crippen MR) is 163 cm³/mol. The molecule has 10 nitrogen and oxygen atoms in total. The van der Waals surface area contributed by atoms with Crippen LogP contribution in [0.1, 0.15) is 86.6 Å². The summed E-state index contributed by atoms with van der Waals surface area (Å²) in [5, 5.41) is 11.0. The smallest absolute Gasteiger partial charge is 0.312 e. The Morgan fingerprint density at radius 2 is 1.51 bits per heavy atom. The second kappa shape index (κ2) is 17.0. The van der Waals surface area contributed by atoms with Crippen LogP contribution in [0.15, 0.2) is 24.3 Å². The lowest BCUT2D eigenvalue weighted by molar-refractivity contribution is -0.132. The molecule has 0 spiro atoms. The van der Waals surface area contributed by atoms with Gasteiger partial charge < -0.3 is 31.7 Å². The number of hydrogen-bond donors (Lipinski definition) is 5. The van der Waals surface area contributed by atoms with Gasteiger partial charge in [0.15, 0.2) is 0 Å². The number of hydrogen-bond acceptors (Lipinski definition) is 5. The highest BCUT2D eigenvalue weighted by Gasteiger charge is 2.29. The Morgan fingerprint density at radius 3 is 2.05 bits per heavy atom. The van der Waals surface area contributed by atoms with Crippen molar-refractivity contribution in [3.05, 3.63) is 29.8 Å². The summed E-state index contributed by atoms with van der Waals surface area (Å²) in [5.74, 6) is -1.35. The molecule has 2 atom stereocenters. The van der Waals surface area contributed by atoms with Crippen LogP contribution in [0.2, 0.25) is 0 Å². The zero-order valence-corrected chi connectivity index (χ0v) is 26.3. The van der Waals surface area contributed by atoms with E-state index in [4.69, 9.17) is 10.5 Å². The summed E-state index contributed by atoms with van der Waals surface area (Å²) in [7, 11) is 0. The van der Waals surface area contributed by atoms with Gasteiger partial charge in [-0.3, -0.25) is 14.4 Å². The summed E-state index contributed by atoms with van der Waals surface area (Å²) in [6, 6.07) is 5.26. The monoisotopic (exact) mass is 575 g/mol. The summed E-state index contributed by atoms with van der Waals surface area (Å²) in [5.41, 5.74) is 7.21. The summed E-state index contributed by atoms with van der Waals surface area (Å²) >= 11 is 0. The van der Waals surface area contributed by atoms with E-state index < -0.39 is 24.0 Å². The maximum absolute atomic E-state index is 13.3. The van der Waals surface area contributed by atoms with Gasteiger partial charge >= 0.3 is 6.03 Å². The number of ether oxygens (including phenoxy) is 1. The lowest BCUT2D eigenvalue weighted by Crippen LogP contribution is -2.54. The van der Waals surface area contributed by atoms with E-state index in [-0.39, 0.29) is 54.6 Å². The first kappa shape index (κ1) is 35.9. The van der Waals surface area contributed by atoms with Crippen molar-refractivity contribution >= 4 is 29.4 Å². The number of carbonyl (C=O) groups excluding carboxylic acids is 4. The highest BCUT2D eigenvalue weighted by Crippen LogP contribution is 2.22. The van der Waals surface area contributed by atoms with E-state index in [9.17, 15) is 19.2 Å². The highest BCUT2D eigenvalue weighted by molar-refractivity contribution is 5.98. The molecule has 0 aliphatic carbocycles. The van der Waals surface area contributed by atoms with E-state index in [1.54, 1.807) is 0 Å². The molecule has 1 aromatic carbocycles. The van der Waals surface area contributed by atoms with E-state index in [0.29, 0.717) is 18.7 Å². The van der Waals surface area contributed by atoms with Crippen LogP contribution in [-0.2, 0) is 25.5 Å². The maximum atomic E-state index is 13.3. The Kier molecular flexibility index (Phi) is 14.8. The molecule has 10 heteroatoms. The Bertz CT molecular complexity index is 980. The third-order valence-electron chi connectivity index (χ3n) is 6.29. The van der Waals surface area contributed by atoms with E-state index >= 15 is 0 Å². The first-order valence-corrected chi connectivity index (χ1v) is 14.6. The molecule has 0 fully saturated rings. The molecule has 0 saturated carbocycles. The van der Waals surface area contributed by atoms with Crippen molar-refractivity contribution in [1.82, 2.24) is 16.0 Å². The molecule has 0 aliphatic rings. The van der Waals surface area contributed by atoms with E-state index in [1.807, 2.05) is 38.1 Å². The van der Waals surface area contributed by atoms with Gasteiger partial charge in [-0.2, -0.15) is 0 Å². The molecule has 0 heterocycles. The first-order valence-electron chi connectivity index (χ1n) is 14.6. The average molecular weight is 576 g/mol. The summed E-state index contributed by atoms with van der Waals surface area (Å²) in [4.78, 5) is 50.1. The first-order chi connectivity index (χ1) is 19.0. The fraction of sp³-hybridized carbons (Fsp3) is 0.677. The van der Waals surface area contributed by atoms with Crippen LogP contribution in [0, 0.1) is 16.7 Å². The lowest BCUT2D eigenvalue weighted by Gasteiger charge is -2.25. The normalized spacial score (nSPS) is 13.3. The molecule has 0 unspecified atom stereocenters. The van der Waals surface area contributed by atoms with Crippen LogP contribution in [0.4, 0.5) is 10.5 Å². The SMILES string of the molecule is CC(C)[C@H](NC(=O)CCOCCC(C)(C)C)C(=O)N[C@@H](CCCNC(N)=O)C(=O)Nc1ccc(CC(C)(C)C)cc1. The van der Waals surface area contributed by atoms with E-state index in [1.165, 1.54) is 0 Å². The van der Waals surface area contributed by atoms with Crippen LogP contribution in [-0.4, -0.2) is 55.6 Å². The summed E-state index contributed by atoms with van der Waals surface area (Å²) in [6.45, 7) is 17.6. The number of amides is 5. The molecule has 41 heavy (non-hydrogen) atoms. The third kappa shape index (κ3) is 16.7. The quantitative estimate of drug-likeness (QED) is 0.188. The standard InChI is InChI=1S/C31H53N5O5/c1-21(2)26(36-25(37)15-18-41-19-16-30(3,4)5)28(39)35-24(10-9-17-33-29(32)40)27(38)34-23-13-11-22(12-14-23)20-31(6,7)8/h11-14,21,24,26H,9-10,15-20H2,1-8H3,(H,34,38)(H,35,39)(H,36,37)(H3,32,33,40)/t24-,26-/m0/s1. The van der Waals surface area contributed by atoms with Crippen LogP contribution in [0.3, 0.4) is 0 Å². The van der Waals surface area contributed by atoms with Crippen molar-refractivity contribution in [2.24, 2.45) is 22.5 Å². The van der Waals surface area contributed by atoms with Crippen molar-refractivity contribution in [2.45, 2.75) is 99.6 Å². The molecule has 1 rings (SSSR count). The van der Waals surface area contributed by atoms with Gasteiger partial charge in [-0.1, -0.05) is 67.5 Å². The second-order valence-corrected chi connectivity index (χ2v) is 13.4. The number of benzene rings is 1. The molecule has 0 aromatic heterocycles. The Balaban J connectivity index is 2.84. The molecule has 0 aliphatic heterocycles. The van der Waals surface area contributed by atoms with Gasteiger partial charge in [-0.25, -0.2) is 4.79 Å². The number of primary amides is 1. The van der Waals surface area contributed by atoms with Crippen molar-refractivity contribution in [3.63, 3.8) is 0 Å². The Labute approximate surface area is 246 Å². The van der Waals surface area contributed by atoms with Gasteiger partial charge in [0.1, 0.15) is 12.1 Å². The topological polar surface area (TPSA) is 152 Å². The van der Waals surface area contributed by atoms with Crippen LogP contribution < -0.4 is 27.0 Å². The summed E-state index contributed by atoms with van der Waals surface area (Å²) in [6.07, 6.45) is 2.59. The average Bonchev–Trinajstić information content (AvgIpc) is 2.83. The Morgan fingerprint density at radius 1 is 0.878 bits per heavy atom. The minimum absolute atomic E-state index is 0.133. The molecule has 0 saturated heterocycles. The number of nitrogens with one attached hydrogen (secondary N) is 4. The van der Waals surface area contributed by atoms with Crippen molar-refractivity contribution < 1.29 is 23.9 Å². The maximum Gasteiger partial charge on any atom is 0.312 e. The minimum Gasteiger partial charge on any atom is -0.381 e. The van der Waals surface area contributed by atoms with Crippen molar-refractivity contribution in [3.8, 4) is 0 Å². The molecule has 0 bridgehead atoms. The fourth-order valence-corrected chi connectivity index (χ4v) is 4.02. The molecule has 1 aromatic rings. The van der Waals surface area contributed by atoms with Crippen LogP contribution >= 0.6 is 0 Å². The Hall–Kier alpha value is -3.14. The molecule has 5 amide bonds. The van der Waals surface area contributed by atoms with Gasteiger partial charge in [0.25, 0.3) is 0 Å².